The molecule has 5 nitrogen and oxygen atoms in total. The zero-order valence-electron chi connectivity index (χ0n) is 10.9. The molecule has 100 valence electrons. The number of amides is 1. The van der Waals surface area contributed by atoms with Crippen molar-refractivity contribution >= 4 is 22.8 Å². The van der Waals surface area contributed by atoms with Gasteiger partial charge in [0.05, 0.1) is 5.92 Å². The maximum Gasteiger partial charge on any atom is 0.308 e. The molecule has 5 heteroatoms. The smallest absolute Gasteiger partial charge is 0.308 e. The summed E-state index contributed by atoms with van der Waals surface area (Å²) in [6, 6.07) is 7.59. The predicted molar refractivity (Wildman–Crippen MR) is 72.2 cm³/mol. The number of fused-ring (bicyclic) bond motifs is 1. The summed E-state index contributed by atoms with van der Waals surface area (Å²) in [4.78, 5) is 25.6. The monoisotopic (exact) mass is 260 g/mol. The Hall–Kier alpha value is -2.30. The van der Waals surface area contributed by atoms with Crippen LogP contribution in [0.15, 0.2) is 24.3 Å². The predicted octanol–water partition coefficient (Wildman–Crippen LogP) is 1.93. The van der Waals surface area contributed by atoms with E-state index >= 15 is 0 Å². The molecule has 3 N–H and O–H groups in total. The van der Waals surface area contributed by atoms with Gasteiger partial charge in [-0.1, -0.05) is 25.1 Å². The molecule has 0 saturated carbocycles. The van der Waals surface area contributed by atoms with Crippen molar-refractivity contribution in [3.05, 3.63) is 35.5 Å². The summed E-state index contributed by atoms with van der Waals surface area (Å²) in [5, 5.41) is 12.3. The molecule has 2 rings (SSSR count). The Balaban J connectivity index is 2.14. The number of hydrogen-bond acceptors (Lipinski definition) is 2. The van der Waals surface area contributed by atoms with Crippen molar-refractivity contribution in [2.75, 3.05) is 6.54 Å². The molecule has 1 aromatic carbocycles. The van der Waals surface area contributed by atoms with Crippen LogP contribution in [-0.4, -0.2) is 28.5 Å². The lowest BCUT2D eigenvalue weighted by atomic mass is 10.2. The third kappa shape index (κ3) is 2.76. The average molecular weight is 260 g/mol. The summed E-state index contributed by atoms with van der Waals surface area (Å²) in [5.74, 6) is -1.81. The molecule has 0 bridgehead atoms. The van der Waals surface area contributed by atoms with Crippen LogP contribution in [0.5, 0.6) is 0 Å². The number of aromatic amines is 1. The summed E-state index contributed by atoms with van der Waals surface area (Å²) in [6.07, 6.45) is 0. The van der Waals surface area contributed by atoms with Gasteiger partial charge in [-0.05, 0) is 18.6 Å². The molecule has 0 saturated heterocycles. The first-order valence-electron chi connectivity index (χ1n) is 6.08. The number of rotatable bonds is 4. The van der Waals surface area contributed by atoms with Crippen LogP contribution in [0.3, 0.4) is 0 Å². The molecular weight excluding hydrogens is 244 g/mol. The molecule has 1 unspecified atom stereocenters. The van der Waals surface area contributed by atoms with Crippen molar-refractivity contribution in [1.82, 2.24) is 10.3 Å². The zero-order chi connectivity index (χ0) is 14.0. The highest BCUT2D eigenvalue weighted by atomic mass is 16.4. The van der Waals surface area contributed by atoms with Crippen LogP contribution in [0, 0.1) is 12.8 Å². The number of aromatic nitrogens is 1. The third-order valence-corrected chi connectivity index (χ3v) is 3.10. The molecular formula is C14H16N2O3. The van der Waals surface area contributed by atoms with Crippen molar-refractivity contribution in [2.45, 2.75) is 13.8 Å². The number of carbonyl (C=O) groups excluding carboxylic acids is 1. The van der Waals surface area contributed by atoms with Crippen molar-refractivity contribution in [3.63, 3.8) is 0 Å². The molecule has 0 aliphatic heterocycles. The minimum absolute atomic E-state index is 0.114. The third-order valence-electron chi connectivity index (χ3n) is 3.10. The Kier molecular flexibility index (Phi) is 3.55. The van der Waals surface area contributed by atoms with Gasteiger partial charge in [0.15, 0.2) is 0 Å². The highest BCUT2D eigenvalue weighted by Gasteiger charge is 2.14. The summed E-state index contributed by atoms with van der Waals surface area (Å²) in [5.41, 5.74) is 2.44. The minimum atomic E-state index is -0.923. The number of hydrogen-bond donors (Lipinski definition) is 3. The standard InChI is InChI=1S/C14H16N2O3/c1-8-4-3-5-10-6-11(16-12(8)10)13(17)15-7-9(2)14(18)19/h3-6,9,16H,7H2,1-2H3,(H,15,17)(H,18,19). The Labute approximate surface area is 110 Å². The van der Waals surface area contributed by atoms with Crippen LogP contribution < -0.4 is 5.32 Å². The van der Waals surface area contributed by atoms with Crippen LogP contribution in [-0.2, 0) is 4.79 Å². The molecule has 0 spiro atoms. The van der Waals surface area contributed by atoms with Gasteiger partial charge in [0.2, 0.25) is 0 Å². The van der Waals surface area contributed by atoms with Crippen LogP contribution in [0.2, 0.25) is 0 Å². The first-order chi connectivity index (χ1) is 8.99. The van der Waals surface area contributed by atoms with Crippen molar-refractivity contribution < 1.29 is 14.7 Å². The number of benzene rings is 1. The van der Waals surface area contributed by atoms with Crippen LogP contribution in [0.4, 0.5) is 0 Å². The Bertz CT molecular complexity index is 631. The Morgan fingerprint density at radius 3 is 2.79 bits per heavy atom. The van der Waals surface area contributed by atoms with E-state index in [-0.39, 0.29) is 12.5 Å². The highest BCUT2D eigenvalue weighted by Crippen LogP contribution is 2.18. The van der Waals surface area contributed by atoms with Gasteiger partial charge in [0, 0.05) is 17.4 Å². The van der Waals surface area contributed by atoms with Gasteiger partial charge in [-0.25, -0.2) is 0 Å². The van der Waals surface area contributed by atoms with Gasteiger partial charge in [0.25, 0.3) is 5.91 Å². The van der Waals surface area contributed by atoms with Crippen molar-refractivity contribution in [2.24, 2.45) is 5.92 Å². The fourth-order valence-corrected chi connectivity index (χ4v) is 1.86. The van der Waals surface area contributed by atoms with Crippen LogP contribution >= 0.6 is 0 Å². The fourth-order valence-electron chi connectivity index (χ4n) is 1.86. The number of carboxylic acids is 1. The maximum atomic E-state index is 11.9. The average Bonchev–Trinajstić information content (AvgIpc) is 2.80. The molecule has 0 radical (unpaired) electrons. The Morgan fingerprint density at radius 2 is 2.16 bits per heavy atom. The largest absolute Gasteiger partial charge is 0.481 e. The topological polar surface area (TPSA) is 82.2 Å². The van der Waals surface area contributed by atoms with E-state index in [1.807, 2.05) is 25.1 Å². The molecule has 1 atom stereocenters. The van der Waals surface area contributed by atoms with E-state index in [1.165, 1.54) is 0 Å². The molecule has 0 aliphatic carbocycles. The number of carbonyl (C=O) groups is 2. The van der Waals surface area contributed by atoms with Gasteiger partial charge < -0.3 is 15.4 Å². The van der Waals surface area contributed by atoms with Crippen LogP contribution in [0.1, 0.15) is 23.0 Å². The molecule has 1 aromatic heterocycles. The number of H-pyrrole nitrogens is 1. The van der Waals surface area contributed by atoms with Crippen molar-refractivity contribution in [1.29, 1.82) is 0 Å². The Morgan fingerprint density at radius 1 is 1.42 bits per heavy atom. The quantitative estimate of drug-likeness (QED) is 0.785. The van der Waals surface area contributed by atoms with E-state index < -0.39 is 11.9 Å². The van der Waals surface area contributed by atoms with Crippen molar-refractivity contribution in [3.8, 4) is 0 Å². The SMILES string of the molecule is Cc1cccc2cc(C(=O)NCC(C)C(=O)O)[nH]c12. The zero-order valence-corrected chi connectivity index (χ0v) is 10.9. The highest BCUT2D eigenvalue weighted by molar-refractivity contribution is 5.98. The summed E-state index contributed by atoms with van der Waals surface area (Å²) in [6.45, 7) is 3.63. The number of aliphatic carboxylic acids is 1. The van der Waals surface area contributed by atoms with E-state index in [0.29, 0.717) is 5.69 Å². The number of carboxylic acid groups (broad SMARTS) is 1. The lowest BCUT2D eigenvalue weighted by Gasteiger charge is -2.07. The molecule has 19 heavy (non-hydrogen) atoms. The first-order valence-corrected chi connectivity index (χ1v) is 6.08. The van der Waals surface area contributed by atoms with Gasteiger partial charge in [0.1, 0.15) is 5.69 Å². The minimum Gasteiger partial charge on any atom is -0.481 e. The lowest BCUT2D eigenvalue weighted by molar-refractivity contribution is -0.140. The first kappa shape index (κ1) is 13.1. The van der Waals surface area contributed by atoms with Gasteiger partial charge in [-0.2, -0.15) is 0 Å². The fraction of sp³-hybridized carbons (Fsp3) is 0.286. The second kappa shape index (κ2) is 5.14. The molecule has 0 fully saturated rings. The van der Waals surface area contributed by atoms with E-state index in [0.717, 1.165) is 16.5 Å². The molecule has 0 aliphatic rings. The summed E-state index contributed by atoms with van der Waals surface area (Å²) >= 11 is 0. The van der Waals surface area contributed by atoms with E-state index in [2.05, 4.69) is 10.3 Å². The second-order valence-corrected chi connectivity index (χ2v) is 4.67. The lowest BCUT2D eigenvalue weighted by Crippen LogP contribution is -2.31. The summed E-state index contributed by atoms with van der Waals surface area (Å²) < 4.78 is 0. The van der Waals surface area contributed by atoms with E-state index in [9.17, 15) is 9.59 Å². The van der Waals surface area contributed by atoms with Gasteiger partial charge in [-0.3, -0.25) is 9.59 Å². The molecule has 1 amide bonds. The maximum absolute atomic E-state index is 11.9. The van der Waals surface area contributed by atoms with E-state index in [4.69, 9.17) is 5.11 Å². The normalized spacial score (nSPS) is 12.3. The number of para-hydroxylation sites is 1. The van der Waals surface area contributed by atoms with E-state index in [1.54, 1.807) is 13.0 Å². The van der Waals surface area contributed by atoms with Crippen LogP contribution in [0.25, 0.3) is 10.9 Å². The molecule has 2 aromatic rings. The second-order valence-electron chi connectivity index (χ2n) is 4.67. The summed E-state index contributed by atoms with van der Waals surface area (Å²) in [7, 11) is 0. The molecule has 1 heterocycles. The van der Waals surface area contributed by atoms with Gasteiger partial charge >= 0.3 is 5.97 Å². The number of nitrogens with one attached hydrogen (secondary N) is 2. The number of aryl methyl sites for hydroxylation is 1. The van der Waals surface area contributed by atoms with Gasteiger partial charge in [-0.15, -0.1) is 0 Å².